The lowest BCUT2D eigenvalue weighted by Gasteiger charge is -2.29. The molecule has 2 N–H and O–H groups in total. The van der Waals surface area contributed by atoms with Gasteiger partial charge in [0, 0.05) is 24.4 Å². The van der Waals surface area contributed by atoms with Gasteiger partial charge in [-0.3, -0.25) is 4.79 Å². The minimum absolute atomic E-state index is 0.0476. The van der Waals surface area contributed by atoms with Gasteiger partial charge in [0.1, 0.15) is 6.33 Å². The van der Waals surface area contributed by atoms with E-state index in [4.69, 9.17) is 9.47 Å². The van der Waals surface area contributed by atoms with Gasteiger partial charge in [0.15, 0.2) is 0 Å². The van der Waals surface area contributed by atoms with Crippen LogP contribution >= 0.6 is 0 Å². The molecule has 2 aliphatic rings. The van der Waals surface area contributed by atoms with E-state index < -0.39 is 0 Å². The molecule has 1 unspecified atom stereocenters. The van der Waals surface area contributed by atoms with Crippen LogP contribution in [0.5, 0.6) is 0 Å². The first-order valence-electron chi connectivity index (χ1n) is 7.78. The third-order valence-corrected chi connectivity index (χ3v) is 4.30. The molecule has 0 spiro atoms. The molecule has 0 aliphatic carbocycles. The molecule has 1 fully saturated rings. The highest BCUT2D eigenvalue weighted by atomic mass is 16.6. The van der Waals surface area contributed by atoms with Crippen LogP contribution in [-0.2, 0) is 9.47 Å². The van der Waals surface area contributed by atoms with Gasteiger partial charge in [-0.1, -0.05) is 0 Å². The lowest BCUT2D eigenvalue weighted by Crippen LogP contribution is -2.38. The minimum atomic E-state index is -0.0476. The maximum absolute atomic E-state index is 12.1. The van der Waals surface area contributed by atoms with Crippen LogP contribution < -0.4 is 5.32 Å². The topological polar surface area (TPSA) is 89.1 Å². The number of ether oxygens (including phenoxy) is 2. The Hall–Kier alpha value is -2.25. The second kappa shape index (κ2) is 6.10. The highest BCUT2D eigenvalue weighted by Crippen LogP contribution is 2.31. The van der Waals surface area contributed by atoms with E-state index in [1.54, 1.807) is 6.20 Å². The first-order valence-corrected chi connectivity index (χ1v) is 7.78. The van der Waals surface area contributed by atoms with E-state index in [1.165, 1.54) is 6.33 Å². The average molecular weight is 314 g/mol. The number of aromatic nitrogens is 3. The quantitative estimate of drug-likeness (QED) is 0.886. The molecular formula is C16H18N4O3. The number of rotatable bonds is 3. The van der Waals surface area contributed by atoms with Crippen LogP contribution in [0.2, 0.25) is 0 Å². The molecular weight excluding hydrogens is 296 g/mol. The van der Waals surface area contributed by atoms with Gasteiger partial charge < -0.3 is 19.8 Å². The van der Waals surface area contributed by atoms with Gasteiger partial charge in [-0.2, -0.15) is 0 Å². The van der Waals surface area contributed by atoms with Crippen molar-refractivity contribution < 1.29 is 14.3 Å². The summed E-state index contributed by atoms with van der Waals surface area (Å²) in [6.07, 6.45) is 4.08. The number of carbonyl (C=O) groups is 1. The maximum atomic E-state index is 12.1. The highest BCUT2D eigenvalue weighted by molar-refractivity contribution is 5.98. The lowest BCUT2D eigenvalue weighted by molar-refractivity contribution is -0.0928. The Labute approximate surface area is 133 Å². The Bertz CT molecular complexity index is 695. The number of H-pyrrole nitrogens is 1. The van der Waals surface area contributed by atoms with Crippen LogP contribution in [-0.4, -0.2) is 53.3 Å². The standard InChI is InChI=1S/C16H18N4O3/c21-16-12-6-14(13-1-2-17-9-19-13)20-15(12)10(7-18-16)5-11-8-22-3-4-23-11/h1-2,6,9-11,20H,3-5,7-8H2,(H,18,21)/t10?,11-/m0/s1. The summed E-state index contributed by atoms with van der Waals surface area (Å²) < 4.78 is 11.2. The van der Waals surface area contributed by atoms with Crippen LogP contribution in [0.25, 0.3) is 11.4 Å². The summed E-state index contributed by atoms with van der Waals surface area (Å²) in [5.74, 6) is 0.138. The molecule has 2 atom stereocenters. The van der Waals surface area contributed by atoms with Crippen LogP contribution in [0.1, 0.15) is 28.4 Å². The fraction of sp³-hybridized carbons (Fsp3) is 0.438. The molecule has 4 rings (SSSR count). The lowest BCUT2D eigenvalue weighted by atomic mass is 9.92. The van der Waals surface area contributed by atoms with Gasteiger partial charge in [0.05, 0.1) is 42.9 Å². The Balaban J connectivity index is 1.62. The number of amides is 1. The summed E-state index contributed by atoms with van der Waals surface area (Å²) in [6, 6.07) is 3.68. The van der Waals surface area contributed by atoms with E-state index in [0.29, 0.717) is 31.9 Å². The number of nitrogens with zero attached hydrogens (tertiary/aromatic N) is 2. The second-order valence-corrected chi connectivity index (χ2v) is 5.82. The number of aromatic amines is 1. The summed E-state index contributed by atoms with van der Waals surface area (Å²) >= 11 is 0. The highest BCUT2D eigenvalue weighted by Gasteiger charge is 2.31. The van der Waals surface area contributed by atoms with Crippen LogP contribution in [0.15, 0.2) is 24.7 Å². The fourth-order valence-electron chi connectivity index (χ4n) is 3.17. The van der Waals surface area contributed by atoms with Gasteiger partial charge in [0.2, 0.25) is 0 Å². The van der Waals surface area contributed by atoms with E-state index >= 15 is 0 Å². The summed E-state index contributed by atoms with van der Waals surface area (Å²) in [7, 11) is 0. The maximum Gasteiger partial charge on any atom is 0.253 e. The van der Waals surface area contributed by atoms with Gasteiger partial charge >= 0.3 is 0 Å². The van der Waals surface area contributed by atoms with Crippen molar-refractivity contribution in [3.8, 4) is 11.4 Å². The zero-order valence-electron chi connectivity index (χ0n) is 12.6. The van der Waals surface area contributed by atoms with Crippen molar-refractivity contribution in [3.05, 3.63) is 35.9 Å². The monoisotopic (exact) mass is 314 g/mol. The average Bonchev–Trinajstić information content (AvgIpc) is 3.06. The predicted octanol–water partition coefficient (Wildman–Crippen LogP) is 1.10. The summed E-state index contributed by atoms with van der Waals surface area (Å²) in [5.41, 5.74) is 3.25. The first-order chi connectivity index (χ1) is 11.3. The molecule has 2 aromatic rings. The number of fused-ring (bicyclic) bond motifs is 1. The number of hydrogen-bond acceptors (Lipinski definition) is 5. The van der Waals surface area contributed by atoms with E-state index in [0.717, 1.165) is 23.5 Å². The molecule has 0 bridgehead atoms. The molecule has 120 valence electrons. The van der Waals surface area contributed by atoms with E-state index in [2.05, 4.69) is 20.3 Å². The van der Waals surface area contributed by atoms with Crippen LogP contribution in [0.4, 0.5) is 0 Å². The zero-order chi connectivity index (χ0) is 15.6. The molecule has 23 heavy (non-hydrogen) atoms. The second-order valence-electron chi connectivity index (χ2n) is 5.82. The smallest absolute Gasteiger partial charge is 0.253 e. The SMILES string of the molecule is O=C1NCC(C[C@H]2COCCO2)c2[nH]c(-c3ccncn3)cc21. The summed E-state index contributed by atoms with van der Waals surface area (Å²) in [6.45, 7) is 2.51. The molecule has 1 amide bonds. The third-order valence-electron chi connectivity index (χ3n) is 4.30. The minimum Gasteiger partial charge on any atom is -0.376 e. The van der Waals surface area contributed by atoms with Crippen molar-refractivity contribution in [1.82, 2.24) is 20.3 Å². The van der Waals surface area contributed by atoms with E-state index in [9.17, 15) is 4.79 Å². The predicted molar refractivity (Wildman–Crippen MR) is 82.1 cm³/mol. The molecule has 7 heteroatoms. The summed E-state index contributed by atoms with van der Waals surface area (Å²) in [4.78, 5) is 23.7. The molecule has 7 nitrogen and oxygen atoms in total. The molecule has 1 saturated heterocycles. The van der Waals surface area contributed by atoms with Crippen LogP contribution in [0.3, 0.4) is 0 Å². The van der Waals surface area contributed by atoms with Gasteiger partial charge in [-0.05, 0) is 18.6 Å². The van der Waals surface area contributed by atoms with Crippen molar-refractivity contribution in [3.63, 3.8) is 0 Å². The van der Waals surface area contributed by atoms with Gasteiger partial charge in [0.25, 0.3) is 5.91 Å². The third kappa shape index (κ3) is 2.85. The van der Waals surface area contributed by atoms with Crippen molar-refractivity contribution in [2.75, 3.05) is 26.4 Å². The Morgan fingerprint density at radius 1 is 1.35 bits per heavy atom. The Morgan fingerprint density at radius 2 is 2.30 bits per heavy atom. The van der Waals surface area contributed by atoms with Crippen molar-refractivity contribution in [2.45, 2.75) is 18.4 Å². The number of hydrogen-bond donors (Lipinski definition) is 2. The van der Waals surface area contributed by atoms with Crippen molar-refractivity contribution in [2.24, 2.45) is 0 Å². The molecule has 2 aliphatic heterocycles. The zero-order valence-corrected chi connectivity index (χ0v) is 12.6. The van der Waals surface area contributed by atoms with Gasteiger partial charge in [-0.25, -0.2) is 9.97 Å². The fourth-order valence-corrected chi connectivity index (χ4v) is 3.17. The Kier molecular flexibility index (Phi) is 3.80. The first kappa shape index (κ1) is 14.3. The molecule has 0 radical (unpaired) electrons. The largest absolute Gasteiger partial charge is 0.376 e. The number of nitrogens with one attached hydrogen (secondary N) is 2. The number of carbonyl (C=O) groups excluding carboxylic acids is 1. The van der Waals surface area contributed by atoms with E-state index in [1.807, 2.05) is 12.1 Å². The molecule has 4 heterocycles. The molecule has 2 aromatic heterocycles. The van der Waals surface area contributed by atoms with Crippen LogP contribution in [0, 0.1) is 0 Å². The van der Waals surface area contributed by atoms with Crippen molar-refractivity contribution in [1.29, 1.82) is 0 Å². The molecule has 0 aromatic carbocycles. The van der Waals surface area contributed by atoms with E-state index in [-0.39, 0.29) is 17.9 Å². The molecule has 0 saturated carbocycles. The van der Waals surface area contributed by atoms with Crippen molar-refractivity contribution >= 4 is 5.91 Å². The van der Waals surface area contributed by atoms with Gasteiger partial charge in [-0.15, -0.1) is 0 Å². The Morgan fingerprint density at radius 3 is 3.09 bits per heavy atom. The summed E-state index contributed by atoms with van der Waals surface area (Å²) in [5, 5.41) is 2.95. The normalized spacial score (nSPS) is 24.1.